The van der Waals surface area contributed by atoms with Gasteiger partial charge in [-0.15, -0.1) is 0 Å². The topological polar surface area (TPSA) is 83.6 Å². The Kier molecular flexibility index (Phi) is 5.22. The van der Waals surface area contributed by atoms with Crippen LogP contribution in [0.2, 0.25) is 0 Å². The van der Waals surface area contributed by atoms with E-state index in [1.807, 2.05) is 12.1 Å². The van der Waals surface area contributed by atoms with Crippen molar-refractivity contribution in [2.24, 2.45) is 0 Å². The van der Waals surface area contributed by atoms with E-state index in [0.717, 1.165) is 10.9 Å². The third-order valence-electron chi connectivity index (χ3n) is 5.75. The minimum absolute atomic E-state index is 0.0415. The highest BCUT2D eigenvalue weighted by Crippen LogP contribution is 2.39. The van der Waals surface area contributed by atoms with Gasteiger partial charge in [0.1, 0.15) is 11.4 Å². The first kappa shape index (κ1) is 20.6. The van der Waals surface area contributed by atoms with Crippen LogP contribution in [-0.2, 0) is 11.2 Å². The molecule has 164 valence electrons. The van der Waals surface area contributed by atoms with Crippen molar-refractivity contribution in [1.29, 1.82) is 0 Å². The van der Waals surface area contributed by atoms with Crippen molar-refractivity contribution in [3.05, 3.63) is 113 Å². The molecule has 1 aliphatic rings. The molecular formula is C26H19FN2O4. The number of halogens is 1. The smallest absolute Gasteiger partial charge is 0.290 e. The number of aliphatic hydroxyl groups excluding tert-OH is 1. The highest BCUT2D eigenvalue weighted by atomic mass is 19.1. The Bertz CT molecular complexity index is 1340. The van der Waals surface area contributed by atoms with Crippen molar-refractivity contribution < 1.29 is 23.5 Å². The minimum atomic E-state index is -0.827. The standard InChI is InChI=1S/C26H19FN2O4/c27-19-9-7-16(8-10-19)11-13-29-23(18-5-3-12-28-15-18)22(25(31)26(29)32)24(30)21-14-17-4-1-2-6-20(17)33-21/h1-10,12,14-15,23,31H,11,13H2. The van der Waals surface area contributed by atoms with Gasteiger partial charge in [0.25, 0.3) is 5.91 Å². The van der Waals surface area contributed by atoms with Gasteiger partial charge < -0.3 is 14.4 Å². The molecule has 6 nitrogen and oxygen atoms in total. The number of amides is 1. The third-order valence-corrected chi connectivity index (χ3v) is 5.75. The van der Waals surface area contributed by atoms with Crippen LogP contribution in [0, 0.1) is 5.82 Å². The molecule has 1 N–H and O–H groups in total. The summed E-state index contributed by atoms with van der Waals surface area (Å²) in [5.41, 5.74) is 1.90. The number of carbonyl (C=O) groups is 2. The highest BCUT2D eigenvalue weighted by molar-refractivity contribution is 6.16. The van der Waals surface area contributed by atoms with Gasteiger partial charge in [0, 0.05) is 24.3 Å². The molecule has 0 spiro atoms. The maximum absolute atomic E-state index is 13.5. The van der Waals surface area contributed by atoms with E-state index in [4.69, 9.17) is 4.42 Å². The van der Waals surface area contributed by atoms with Crippen LogP contribution < -0.4 is 0 Å². The lowest BCUT2D eigenvalue weighted by Crippen LogP contribution is -2.33. The molecule has 1 unspecified atom stereocenters. The minimum Gasteiger partial charge on any atom is -0.503 e. The van der Waals surface area contributed by atoms with E-state index in [-0.39, 0.29) is 23.7 Å². The molecule has 2 aromatic heterocycles. The lowest BCUT2D eigenvalue weighted by atomic mass is 9.96. The number of aromatic nitrogens is 1. The summed E-state index contributed by atoms with van der Waals surface area (Å²) in [6.45, 7) is 0.213. The number of pyridine rings is 1. The number of fused-ring (bicyclic) bond motifs is 1. The Balaban J connectivity index is 1.51. The maximum Gasteiger partial charge on any atom is 0.290 e. The molecule has 0 radical (unpaired) electrons. The van der Waals surface area contributed by atoms with Gasteiger partial charge in [-0.3, -0.25) is 14.6 Å². The van der Waals surface area contributed by atoms with Gasteiger partial charge in [-0.2, -0.15) is 0 Å². The largest absolute Gasteiger partial charge is 0.503 e. The molecule has 0 saturated carbocycles. The summed E-state index contributed by atoms with van der Waals surface area (Å²) >= 11 is 0. The number of hydrogen-bond donors (Lipinski definition) is 1. The molecule has 5 rings (SSSR count). The number of para-hydroxylation sites is 1. The fourth-order valence-electron chi connectivity index (χ4n) is 4.13. The van der Waals surface area contributed by atoms with E-state index in [0.29, 0.717) is 17.6 Å². The number of carbonyl (C=O) groups excluding carboxylic acids is 2. The number of rotatable bonds is 6. The predicted octanol–water partition coefficient (Wildman–Crippen LogP) is 4.79. The molecule has 0 saturated heterocycles. The molecule has 1 amide bonds. The zero-order valence-electron chi connectivity index (χ0n) is 17.4. The number of ketones is 1. The first-order valence-electron chi connectivity index (χ1n) is 10.4. The van der Waals surface area contributed by atoms with Gasteiger partial charge in [0.2, 0.25) is 5.78 Å². The monoisotopic (exact) mass is 442 g/mol. The Morgan fingerprint density at radius 2 is 1.88 bits per heavy atom. The van der Waals surface area contributed by atoms with Crippen molar-refractivity contribution in [3.8, 4) is 0 Å². The van der Waals surface area contributed by atoms with Gasteiger partial charge >= 0.3 is 0 Å². The normalized spacial score (nSPS) is 16.1. The number of benzene rings is 2. The summed E-state index contributed by atoms with van der Waals surface area (Å²) < 4.78 is 19.0. The summed E-state index contributed by atoms with van der Waals surface area (Å²) in [5, 5.41) is 11.5. The highest BCUT2D eigenvalue weighted by Gasteiger charge is 2.44. The summed E-state index contributed by atoms with van der Waals surface area (Å²) in [6.07, 6.45) is 3.57. The Morgan fingerprint density at radius 3 is 2.61 bits per heavy atom. The van der Waals surface area contributed by atoms with E-state index in [2.05, 4.69) is 4.98 Å². The van der Waals surface area contributed by atoms with Gasteiger partial charge in [-0.25, -0.2) is 4.39 Å². The van der Waals surface area contributed by atoms with E-state index in [1.54, 1.807) is 54.9 Å². The van der Waals surface area contributed by atoms with E-state index < -0.39 is 23.5 Å². The van der Waals surface area contributed by atoms with E-state index >= 15 is 0 Å². The van der Waals surface area contributed by atoms with Crippen LogP contribution in [0.25, 0.3) is 11.0 Å². The van der Waals surface area contributed by atoms with Crippen LogP contribution in [0.15, 0.2) is 94.9 Å². The van der Waals surface area contributed by atoms with Crippen molar-refractivity contribution in [1.82, 2.24) is 9.88 Å². The second-order valence-electron chi connectivity index (χ2n) is 7.80. The molecular weight excluding hydrogens is 423 g/mol. The molecule has 0 fully saturated rings. The molecule has 7 heteroatoms. The van der Waals surface area contributed by atoms with E-state index in [1.165, 1.54) is 17.0 Å². The van der Waals surface area contributed by atoms with Gasteiger partial charge in [0.05, 0.1) is 11.6 Å². The molecule has 0 bridgehead atoms. The quantitative estimate of drug-likeness (QED) is 0.434. The Morgan fingerprint density at radius 1 is 1.09 bits per heavy atom. The van der Waals surface area contributed by atoms with Crippen LogP contribution in [0.3, 0.4) is 0 Å². The molecule has 4 aromatic rings. The van der Waals surface area contributed by atoms with Crippen molar-refractivity contribution in [3.63, 3.8) is 0 Å². The summed E-state index contributed by atoms with van der Waals surface area (Å²) in [4.78, 5) is 32.1. The number of Topliss-reactive ketones (excluding diaryl/α,β-unsaturated/α-hetero) is 1. The molecule has 1 atom stereocenters. The zero-order valence-corrected chi connectivity index (χ0v) is 17.4. The zero-order chi connectivity index (χ0) is 22.9. The summed E-state index contributed by atoms with van der Waals surface area (Å²) in [6, 6.07) is 17.4. The number of aliphatic hydroxyl groups is 1. The van der Waals surface area contributed by atoms with E-state index in [9.17, 15) is 19.1 Å². The average molecular weight is 442 g/mol. The Hall–Kier alpha value is -4.26. The maximum atomic E-state index is 13.5. The lowest BCUT2D eigenvalue weighted by molar-refractivity contribution is -0.129. The van der Waals surface area contributed by atoms with Crippen LogP contribution in [0.1, 0.15) is 27.7 Å². The van der Waals surface area contributed by atoms with Crippen LogP contribution in [0.5, 0.6) is 0 Å². The van der Waals surface area contributed by atoms with Gasteiger partial charge in [0.15, 0.2) is 11.5 Å². The fraction of sp³-hybridized carbons (Fsp3) is 0.115. The van der Waals surface area contributed by atoms with Crippen molar-refractivity contribution >= 4 is 22.7 Å². The predicted molar refractivity (Wildman–Crippen MR) is 119 cm³/mol. The fourth-order valence-corrected chi connectivity index (χ4v) is 4.13. The van der Waals surface area contributed by atoms with Crippen LogP contribution in [-0.4, -0.2) is 33.2 Å². The van der Waals surface area contributed by atoms with Gasteiger partial charge in [-0.1, -0.05) is 36.4 Å². The van der Waals surface area contributed by atoms with Crippen LogP contribution in [0.4, 0.5) is 4.39 Å². The van der Waals surface area contributed by atoms with Crippen molar-refractivity contribution in [2.75, 3.05) is 6.54 Å². The molecule has 3 heterocycles. The lowest BCUT2D eigenvalue weighted by Gasteiger charge is -2.26. The number of nitrogens with zero attached hydrogens (tertiary/aromatic N) is 2. The van der Waals surface area contributed by atoms with Crippen molar-refractivity contribution in [2.45, 2.75) is 12.5 Å². The van der Waals surface area contributed by atoms with Gasteiger partial charge in [-0.05, 0) is 47.9 Å². The Labute approximate surface area is 188 Å². The third kappa shape index (κ3) is 3.78. The second kappa shape index (κ2) is 8.35. The van der Waals surface area contributed by atoms with Crippen LogP contribution >= 0.6 is 0 Å². The number of hydrogen-bond acceptors (Lipinski definition) is 5. The molecule has 0 aliphatic carbocycles. The molecule has 2 aromatic carbocycles. The summed E-state index contributed by atoms with van der Waals surface area (Å²) in [5.74, 6) is -2.11. The average Bonchev–Trinajstić information content (AvgIpc) is 3.38. The molecule has 33 heavy (non-hydrogen) atoms. The first-order valence-corrected chi connectivity index (χ1v) is 10.4. The summed E-state index contributed by atoms with van der Waals surface area (Å²) in [7, 11) is 0. The SMILES string of the molecule is O=C(C1=C(O)C(=O)N(CCc2ccc(F)cc2)C1c1cccnc1)c1cc2ccccc2o1. The molecule has 1 aliphatic heterocycles. The second-order valence-corrected chi connectivity index (χ2v) is 7.80. The first-order chi connectivity index (χ1) is 16.0. The number of furan rings is 1.